The molecule has 0 unspecified atom stereocenters. The Balaban J connectivity index is 0.953. The molecule has 0 atom stereocenters. The van der Waals surface area contributed by atoms with Crippen molar-refractivity contribution in [1.29, 1.82) is 0 Å². The zero-order valence-electron chi connectivity index (χ0n) is 34.6. The Morgan fingerprint density at radius 3 is 1.10 bits per heavy atom. The molecule has 0 amide bonds. The molecule has 0 saturated carbocycles. The summed E-state index contributed by atoms with van der Waals surface area (Å²) in [4.78, 5) is 0. The van der Waals surface area contributed by atoms with Gasteiger partial charge >= 0.3 is 0 Å². The summed E-state index contributed by atoms with van der Waals surface area (Å²) >= 11 is 0. The third-order valence-electron chi connectivity index (χ3n) is 13.1. The quantitative estimate of drug-likeness (QED) is 0.107. The molecule has 3 heteroatoms. The fraction of sp³-hybridized carbons (Fsp3) is 0. The van der Waals surface area contributed by atoms with Crippen LogP contribution in [0.1, 0.15) is 0 Å². The maximum absolute atomic E-state index is 2.61. The average molecular weight is 819 g/mol. The summed E-state index contributed by atoms with van der Waals surface area (Å²) in [5.74, 6) is 0. The Bertz CT molecular complexity index is 3490. The van der Waals surface area contributed by atoms with Gasteiger partial charge in [0.05, 0.1) is 22.1 Å². The molecule has 2 aromatic heterocycles. The van der Waals surface area contributed by atoms with E-state index in [2.05, 4.69) is 264 Å². The van der Waals surface area contributed by atoms with Gasteiger partial charge in [-0.2, -0.15) is 0 Å². The van der Waals surface area contributed by atoms with E-state index in [1.165, 1.54) is 92.3 Å². The summed E-state index contributed by atoms with van der Waals surface area (Å²) in [6.07, 6.45) is 0. The third-order valence-corrected chi connectivity index (χ3v) is 17.9. The Kier molecular flexibility index (Phi) is 8.87. The highest BCUT2D eigenvalue weighted by molar-refractivity contribution is 7.19. The third kappa shape index (κ3) is 6.00. The molecule has 0 radical (unpaired) electrons. The zero-order valence-corrected chi connectivity index (χ0v) is 35.6. The van der Waals surface area contributed by atoms with Crippen LogP contribution in [0, 0.1) is 0 Å². The first-order valence-corrected chi connectivity index (χ1v) is 23.8. The van der Waals surface area contributed by atoms with Crippen LogP contribution < -0.4 is 20.7 Å². The van der Waals surface area contributed by atoms with Gasteiger partial charge in [-0.05, 0) is 104 Å². The van der Waals surface area contributed by atoms with Crippen LogP contribution in [0.5, 0.6) is 0 Å². The molecule has 63 heavy (non-hydrogen) atoms. The highest BCUT2D eigenvalue weighted by Gasteiger charge is 2.41. The summed E-state index contributed by atoms with van der Waals surface area (Å²) < 4.78 is 4.81. The molecule has 0 bridgehead atoms. The normalized spacial score (nSPS) is 11.8. The molecule has 2 nitrogen and oxygen atoms in total. The number of benzene rings is 10. The van der Waals surface area contributed by atoms with Crippen LogP contribution in [0.25, 0.3) is 77.2 Å². The van der Waals surface area contributed by atoms with Crippen LogP contribution in [0.3, 0.4) is 0 Å². The zero-order chi connectivity index (χ0) is 41.7. The van der Waals surface area contributed by atoms with Crippen molar-refractivity contribution in [2.24, 2.45) is 0 Å². The van der Waals surface area contributed by atoms with Gasteiger partial charge in [0.25, 0.3) is 0 Å². The van der Waals surface area contributed by atoms with Crippen LogP contribution in [0.2, 0.25) is 0 Å². The maximum atomic E-state index is 2.43. The summed E-state index contributed by atoms with van der Waals surface area (Å²) in [7, 11) is -2.61. The van der Waals surface area contributed by atoms with Crippen LogP contribution in [-0.4, -0.2) is 17.2 Å². The largest absolute Gasteiger partial charge is 0.309 e. The second kappa shape index (κ2) is 15.2. The van der Waals surface area contributed by atoms with Crippen molar-refractivity contribution in [2.75, 3.05) is 0 Å². The van der Waals surface area contributed by atoms with Gasteiger partial charge in [0.1, 0.15) is 0 Å². The van der Waals surface area contributed by atoms with E-state index < -0.39 is 8.07 Å². The minimum atomic E-state index is -2.61. The Hall–Kier alpha value is -7.98. The second-order valence-electron chi connectivity index (χ2n) is 16.5. The highest BCUT2D eigenvalue weighted by atomic mass is 28.3. The van der Waals surface area contributed by atoms with E-state index in [0.717, 1.165) is 5.69 Å². The fourth-order valence-corrected chi connectivity index (χ4v) is 15.0. The minimum absolute atomic E-state index is 1.15. The predicted octanol–water partition coefficient (Wildman–Crippen LogP) is 12.6. The SMILES string of the molecule is c1ccc(-n2c3ccccc3c3cc(-c4ccc5c(c4)c4ccccc4n5-c4cccc(-c5ccc([Si](c6ccccc6)(c6ccccc6)c6ccccc6)cc5)c4)ccc32)cc1. The van der Waals surface area contributed by atoms with E-state index in [9.17, 15) is 0 Å². The van der Waals surface area contributed by atoms with Gasteiger partial charge in [0.2, 0.25) is 0 Å². The Labute approximate surface area is 368 Å². The summed E-state index contributed by atoms with van der Waals surface area (Å²) in [6, 6.07) is 94.1. The smallest absolute Gasteiger partial charge is 0.179 e. The van der Waals surface area contributed by atoms with Crippen molar-refractivity contribution in [3.8, 4) is 33.6 Å². The molecule has 0 spiro atoms. The number of fused-ring (bicyclic) bond motifs is 6. The first-order valence-electron chi connectivity index (χ1n) is 21.8. The molecule has 2 heterocycles. The molecule has 12 aromatic rings. The lowest BCUT2D eigenvalue weighted by atomic mass is 10.0. The number of hydrogen-bond donors (Lipinski definition) is 0. The fourth-order valence-electron chi connectivity index (χ4n) is 10.2. The molecule has 0 fully saturated rings. The van der Waals surface area contributed by atoms with Crippen molar-refractivity contribution in [3.05, 3.63) is 255 Å². The predicted molar refractivity (Wildman–Crippen MR) is 270 cm³/mol. The molecule has 12 rings (SSSR count). The Morgan fingerprint density at radius 1 is 0.222 bits per heavy atom. The molecule has 0 aliphatic heterocycles. The molecule has 296 valence electrons. The summed E-state index contributed by atoms with van der Waals surface area (Å²) in [6.45, 7) is 0. The Morgan fingerprint density at radius 2 is 0.587 bits per heavy atom. The van der Waals surface area contributed by atoms with Crippen LogP contribution in [0.4, 0.5) is 0 Å². The van der Waals surface area contributed by atoms with Gasteiger partial charge in [-0.3, -0.25) is 0 Å². The van der Waals surface area contributed by atoms with Gasteiger partial charge in [0, 0.05) is 32.9 Å². The summed E-state index contributed by atoms with van der Waals surface area (Å²) in [5.41, 5.74) is 11.9. The summed E-state index contributed by atoms with van der Waals surface area (Å²) in [5, 5.41) is 10.5. The number of rotatable bonds is 8. The van der Waals surface area contributed by atoms with E-state index in [0.29, 0.717) is 0 Å². The topological polar surface area (TPSA) is 9.86 Å². The van der Waals surface area contributed by atoms with E-state index in [4.69, 9.17) is 0 Å². The molecular weight excluding hydrogens is 777 g/mol. The van der Waals surface area contributed by atoms with Crippen LogP contribution >= 0.6 is 0 Å². The lowest BCUT2D eigenvalue weighted by Crippen LogP contribution is -2.74. The van der Waals surface area contributed by atoms with E-state index in [1.54, 1.807) is 0 Å². The number of para-hydroxylation sites is 3. The van der Waals surface area contributed by atoms with Crippen LogP contribution in [0.15, 0.2) is 255 Å². The second-order valence-corrected chi connectivity index (χ2v) is 20.3. The highest BCUT2D eigenvalue weighted by Crippen LogP contribution is 2.38. The van der Waals surface area contributed by atoms with Crippen molar-refractivity contribution < 1.29 is 0 Å². The van der Waals surface area contributed by atoms with Gasteiger partial charge in [0.15, 0.2) is 8.07 Å². The van der Waals surface area contributed by atoms with Gasteiger partial charge in [-0.1, -0.05) is 194 Å². The lowest BCUT2D eigenvalue weighted by molar-refractivity contribution is 1.18. The molecule has 0 saturated heterocycles. The molecule has 0 N–H and O–H groups in total. The number of aromatic nitrogens is 2. The monoisotopic (exact) mass is 818 g/mol. The number of hydrogen-bond acceptors (Lipinski definition) is 0. The average Bonchev–Trinajstić information content (AvgIpc) is 3.88. The van der Waals surface area contributed by atoms with Crippen molar-refractivity contribution in [3.63, 3.8) is 0 Å². The van der Waals surface area contributed by atoms with Crippen molar-refractivity contribution >= 4 is 72.4 Å². The molecule has 10 aromatic carbocycles. The first-order chi connectivity index (χ1) is 31.3. The number of nitrogens with zero attached hydrogens (tertiary/aromatic N) is 2. The van der Waals surface area contributed by atoms with E-state index in [-0.39, 0.29) is 0 Å². The van der Waals surface area contributed by atoms with Gasteiger partial charge < -0.3 is 9.13 Å². The van der Waals surface area contributed by atoms with Gasteiger partial charge in [-0.25, -0.2) is 0 Å². The maximum Gasteiger partial charge on any atom is 0.179 e. The molecule has 0 aliphatic rings. The minimum Gasteiger partial charge on any atom is -0.309 e. The first kappa shape index (κ1) is 36.8. The standard InChI is InChI=1S/C60H42N2Si/c1-5-19-47(20-6-1)61-57-30-15-13-28-53(57)55-41-45(34-38-59(55)61)46-35-39-60-56(42-46)54-29-14-16-31-58(54)62(60)48-21-17-18-44(40-48)43-32-36-52(37-33-43)63(49-22-7-2-8-23-49,50-24-9-3-10-25-50)51-26-11-4-12-27-51/h1-42H. The molecular formula is C60H42N2Si. The van der Waals surface area contributed by atoms with Crippen molar-refractivity contribution in [1.82, 2.24) is 9.13 Å². The van der Waals surface area contributed by atoms with E-state index >= 15 is 0 Å². The lowest BCUT2D eigenvalue weighted by Gasteiger charge is -2.34. The van der Waals surface area contributed by atoms with Crippen molar-refractivity contribution in [2.45, 2.75) is 0 Å². The van der Waals surface area contributed by atoms with Gasteiger partial charge in [-0.15, -0.1) is 0 Å². The van der Waals surface area contributed by atoms with Crippen LogP contribution in [-0.2, 0) is 0 Å². The molecule has 0 aliphatic carbocycles. The van der Waals surface area contributed by atoms with E-state index in [1.807, 2.05) is 0 Å².